The van der Waals surface area contributed by atoms with E-state index >= 15 is 0 Å². The molecule has 0 saturated heterocycles. The van der Waals surface area contributed by atoms with Gasteiger partial charge in [-0.3, -0.25) is 4.79 Å². The van der Waals surface area contributed by atoms with Gasteiger partial charge in [0.25, 0.3) is 5.56 Å². The summed E-state index contributed by atoms with van der Waals surface area (Å²) in [4.78, 5) is 15.9. The van der Waals surface area contributed by atoms with Gasteiger partial charge < -0.3 is 9.40 Å². The third kappa shape index (κ3) is 3.86. The van der Waals surface area contributed by atoms with Crippen LogP contribution in [0.3, 0.4) is 0 Å². The Bertz CT molecular complexity index is 1640. The maximum Gasteiger partial charge on any atom is 0.252 e. The number of fused-ring (bicyclic) bond motifs is 2. The number of rotatable bonds is 6. The van der Waals surface area contributed by atoms with Crippen molar-refractivity contribution >= 4 is 43.7 Å². The van der Waals surface area contributed by atoms with Crippen LogP contribution in [0.4, 0.5) is 0 Å². The second-order valence-corrected chi connectivity index (χ2v) is 10.3. The number of H-pyrrole nitrogens is 1. The van der Waals surface area contributed by atoms with Crippen LogP contribution in [0.5, 0.6) is 0 Å². The van der Waals surface area contributed by atoms with Crippen LogP contribution in [0.2, 0.25) is 0 Å². The number of hydrogen-bond donors (Lipinski definition) is 1. The summed E-state index contributed by atoms with van der Waals surface area (Å²) in [6.45, 7) is 3.76. The second kappa shape index (κ2) is 8.22. The van der Waals surface area contributed by atoms with Gasteiger partial charge in [-0.15, -0.1) is 0 Å². The Kier molecular flexibility index (Phi) is 5.35. The minimum absolute atomic E-state index is 0.0340. The quantitative estimate of drug-likeness (QED) is 0.391. The number of sulfonamides is 1. The topological polar surface area (TPSA) is 109 Å². The molecule has 0 spiro atoms. The molecule has 0 saturated carbocycles. The van der Waals surface area contributed by atoms with E-state index in [4.69, 9.17) is 4.42 Å². The zero-order chi connectivity index (χ0) is 23.2. The fourth-order valence-electron chi connectivity index (χ4n) is 3.81. The minimum atomic E-state index is -4.03. The van der Waals surface area contributed by atoms with Gasteiger partial charge >= 0.3 is 0 Å². The minimum Gasteiger partial charge on any atom is -0.468 e. The molecular formula is C23H20N4O4S2. The van der Waals surface area contributed by atoms with Crippen molar-refractivity contribution in [2.24, 2.45) is 0 Å². The van der Waals surface area contributed by atoms with Crippen molar-refractivity contribution in [1.82, 2.24) is 18.0 Å². The van der Waals surface area contributed by atoms with Crippen LogP contribution in [0.25, 0.3) is 21.9 Å². The molecule has 0 atom stereocenters. The molecule has 168 valence electrons. The molecule has 0 bridgehead atoms. The number of furan rings is 1. The number of pyridine rings is 1. The van der Waals surface area contributed by atoms with Gasteiger partial charge in [-0.2, -0.15) is 13.1 Å². The van der Waals surface area contributed by atoms with Gasteiger partial charge in [0.2, 0.25) is 10.0 Å². The number of aryl methyl sites for hydroxylation is 2. The van der Waals surface area contributed by atoms with Crippen molar-refractivity contribution < 1.29 is 12.8 Å². The molecule has 33 heavy (non-hydrogen) atoms. The van der Waals surface area contributed by atoms with Crippen molar-refractivity contribution in [2.45, 2.75) is 31.8 Å². The highest BCUT2D eigenvalue weighted by molar-refractivity contribution is 7.89. The summed E-state index contributed by atoms with van der Waals surface area (Å²) in [5.41, 5.74) is 3.63. The number of aromatic amines is 1. The van der Waals surface area contributed by atoms with Gasteiger partial charge in [0, 0.05) is 12.1 Å². The summed E-state index contributed by atoms with van der Waals surface area (Å²) < 4.78 is 42.5. The lowest BCUT2D eigenvalue weighted by atomic mass is 10.0. The monoisotopic (exact) mass is 480 g/mol. The fraction of sp³-hybridized carbons (Fsp3) is 0.174. The third-order valence-electron chi connectivity index (χ3n) is 5.75. The Morgan fingerprint density at radius 1 is 1.06 bits per heavy atom. The summed E-state index contributed by atoms with van der Waals surface area (Å²) in [5.74, 6) is 0.464. The zero-order valence-corrected chi connectivity index (χ0v) is 19.5. The van der Waals surface area contributed by atoms with Gasteiger partial charge in [-0.25, -0.2) is 8.42 Å². The number of nitrogens with zero attached hydrogens (tertiary/aromatic N) is 3. The molecule has 0 aliphatic rings. The molecule has 0 radical (unpaired) electrons. The summed E-state index contributed by atoms with van der Waals surface area (Å²) in [6, 6.07) is 13.9. The van der Waals surface area contributed by atoms with Crippen molar-refractivity contribution in [3.8, 4) is 0 Å². The van der Waals surface area contributed by atoms with E-state index in [1.165, 1.54) is 16.6 Å². The second-order valence-electron chi connectivity index (χ2n) is 7.84. The molecule has 3 heterocycles. The van der Waals surface area contributed by atoms with Crippen molar-refractivity contribution in [1.29, 1.82) is 0 Å². The number of benzene rings is 2. The molecule has 5 rings (SSSR count). The van der Waals surface area contributed by atoms with Crippen LogP contribution in [0.15, 0.2) is 68.9 Å². The number of nitrogens with one attached hydrogen (secondary N) is 1. The lowest BCUT2D eigenvalue weighted by Crippen LogP contribution is -2.32. The summed E-state index contributed by atoms with van der Waals surface area (Å²) >= 11 is 0.954. The highest BCUT2D eigenvalue weighted by atomic mass is 32.2. The molecule has 5 aromatic rings. The average Bonchev–Trinajstić information content (AvgIpc) is 3.48. The zero-order valence-electron chi connectivity index (χ0n) is 17.9. The van der Waals surface area contributed by atoms with E-state index in [-0.39, 0.29) is 23.5 Å². The first-order chi connectivity index (χ1) is 15.8. The molecular weight excluding hydrogens is 460 g/mol. The molecule has 0 fully saturated rings. The smallest absolute Gasteiger partial charge is 0.252 e. The Hall–Kier alpha value is -3.34. The highest BCUT2D eigenvalue weighted by Gasteiger charge is 2.29. The highest BCUT2D eigenvalue weighted by Crippen LogP contribution is 2.27. The van der Waals surface area contributed by atoms with E-state index < -0.39 is 10.0 Å². The Labute approximate surface area is 193 Å². The first kappa shape index (κ1) is 21.5. The lowest BCUT2D eigenvalue weighted by Gasteiger charge is -2.21. The van der Waals surface area contributed by atoms with E-state index in [9.17, 15) is 13.2 Å². The largest absolute Gasteiger partial charge is 0.468 e. The van der Waals surface area contributed by atoms with Crippen LogP contribution in [0.1, 0.15) is 22.5 Å². The Balaban J connectivity index is 1.62. The van der Waals surface area contributed by atoms with Gasteiger partial charge in [0.15, 0.2) is 0 Å². The molecule has 0 amide bonds. The van der Waals surface area contributed by atoms with Crippen molar-refractivity contribution in [2.75, 3.05) is 0 Å². The first-order valence-corrected chi connectivity index (χ1v) is 12.4. The molecule has 0 aliphatic carbocycles. The van der Waals surface area contributed by atoms with E-state index in [1.54, 1.807) is 30.3 Å². The van der Waals surface area contributed by atoms with Gasteiger partial charge in [-0.05, 0) is 60.7 Å². The van der Waals surface area contributed by atoms with Gasteiger partial charge in [0.1, 0.15) is 21.7 Å². The predicted octanol–water partition coefficient (Wildman–Crippen LogP) is 4.13. The predicted molar refractivity (Wildman–Crippen MR) is 127 cm³/mol. The molecule has 0 unspecified atom stereocenters. The summed E-state index contributed by atoms with van der Waals surface area (Å²) in [6.07, 6.45) is 1.49. The summed E-state index contributed by atoms with van der Waals surface area (Å²) in [5, 5.41) is 0.842. The molecule has 8 nitrogen and oxygen atoms in total. The van der Waals surface area contributed by atoms with E-state index in [2.05, 4.69) is 13.7 Å². The average molecular weight is 481 g/mol. The van der Waals surface area contributed by atoms with Crippen LogP contribution in [-0.2, 0) is 23.1 Å². The van der Waals surface area contributed by atoms with Crippen LogP contribution >= 0.6 is 11.7 Å². The van der Waals surface area contributed by atoms with Crippen molar-refractivity contribution in [3.63, 3.8) is 0 Å². The van der Waals surface area contributed by atoms with E-state index in [1.807, 2.05) is 26.0 Å². The molecule has 1 N–H and O–H groups in total. The standard InChI is InChI=1S/C23H20N4O4S2/c1-14-8-9-16-11-17(23(28)24-21(16)15(14)2)12-27(13-18-5-4-10-31-18)33(29,30)20-7-3-6-19-22(20)26-32-25-19/h3-11H,12-13H2,1-2H3,(H,24,28). The Morgan fingerprint density at radius 2 is 1.91 bits per heavy atom. The number of aromatic nitrogens is 3. The number of hydrogen-bond acceptors (Lipinski definition) is 7. The molecule has 10 heteroatoms. The first-order valence-electron chi connectivity index (χ1n) is 10.2. The van der Waals surface area contributed by atoms with Crippen LogP contribution in [0, 0.1) is 13.8 Å². The molecule has 3 aromatic heterocycles. The van der Waals surface area contributed by atoms with E-state index in [0.717, 1.165) is 33.8 Å². The van der Waals surface area contributed by atoms with Crippen LogP contribution < -0.4 is 5.56 Å². The third-order valence-corrected chi connectivity index (χ3v) is 8.12. The normalized spacial score (nSPS) is 12.2. The van der Waals surface area contributed by atoms with Crippen LogP contribution in [-0.4, -0.2) is 26.5 Å². The maximum absolute atomic E-state index is 13.8. The van der Waals surface area contributed by atoms with Gasteiger partial charge in [-0.1, -0.05) is 18.2 Å². The fourth-order valence-corrected chi connectivity index (χ4v) is 5.95. The van der Waals surface area contributed by atoms with E-state index in [0.29, 0.717) is 22.4 Å². The Morgan fingerprint density at radius 3 is 2.70 bits per heavy atom. The molecule has 0 aliphatic heterocycles. The van der Waals surface area contributed by atoms with Crippen molar-refractivity contribution in [3.05, 3.63) is 87.6 Å². The van der Waals surface area contributed by atoms with Gasteiger partial charge in [0.05, 0.1) is 30.1 Å². The lowest BCUT2D eigenvalue weighted by molar-refractivity contribution is 0.358. The SMILES string of the molecule is Cc1ccc2cc(CN(Cc3ccco3)S(=O)(=O)c3cccc4nsnc34)c(=O)[nH]c2c1C. The molecule has 2 aromatic carbocycles. The maximum atomic E-state index is 13.8. The summed E-state index contributed by atoms with van der Waals surface area (Å²) in [7, 11) is -4.03.